The van der Waals surface area contributed by atoms with Crippen LogP contribution >= 0.6 is 0 Å². The highest BCUT2D eigenvalue weighted by Gasteiger charge is 1.96. The fourth-order valence-electron chi connectivity index (χ4n) is 1.35. The van der Waals surface area contributed by atoms with Crippen molar-refractivity contribution in [2.75, 3.05) is 11.9 Å². The Labute approximate surface area is 93.9 Å². The summed E-state index contributed by atoms with van der Waals surface area (Å²) in [5.74, 6) is 1.57. The summed E-state index contributed by atoms with van der Waals surface area (Å²) >= 11 is 0. The molecule has 0 saturated carbocycles. The number of rotatable bonds is 5. The highest BCUT2D eigenvalue weighted by atomic mass is 16.5. The zero-order chi connectivity index (χ0) is 11.2. The molecule has 5 nitrogen and oxygen atoms in total. The van der Waals surface area contributed by atoms with Crippen molar-refractivity contribution in [1.29, 1.82) is 0 Å². The molecule has 0 unspecified atom stereocenters. The Hall–Kier alpha value is -2.04. The quantitative estimate of drug-likeness (QED) is 0.803. The highest BCUT2D eigenvalue weighted by Crippen LogP contribution is 2.12. The molecule has 0 bridgehead atoms. The molecule has 84 valence electrons. The number of anilines is 1. The molecular weight excluding hydrogens is 204 g/mol. The predicted molar refractivity (Wildman–Crippen MR) is 61.3 cm³/mol. The van der Waals surface area contributed by atoms with Gasteiger partial charge in [-0.2, -0.15) is 5.10 Å². The van der Waals surface area contributed by atoms with Gasteiger partial charge in [0.25, 0.3) is 0 Å². The summed E-state index contributed by atoms with van der Waals surface area (Å²) in [6, 6.07) is 7.96. The molecule has 0 atom stereocenters. The normalized spacial score (nSPS) is 10.1. The molecule has 0 aliphatic rings. The number of H-pyrrole nitrogens is 1. The first-order valence-electron chi connectivity index (χ1n) is 5.19. The largest absolute Gasteiger partial charge is 0.494 e. The van der Waals surface area contributed by atoms with E-state index in [1.54, 1.807) is 0 Å². The molecule has 0 radical (unpaired) electrons. The second-order valence-electron chi connectivity index (χ2n) is 3.26. The summed E-state index contributed by atoms with van der Waals surface area (Å²) in [6.45, 7) is 3.37. The Balaban J connectivity index is 1.90. The Morgan fingerprint density at radius 1 is 1.31 bits per heavy atom. The van der Waals surface area contributed by atoms with Gasteiger partial charge in [-0.05, 0) is 24.6 Å². The van der Waals surface area contributed by atoms with Crippen molar-refractivity contribution < 1.29 is 4.74 Å². The van der Waals surface area contributed by atoms with Gasteiger partial charge in [-0.1, -0.05) is 12.1 Å². The van der Waals surface area contributed by atoms with Gasteiger partial charge in [0.05, 0.1) is 6.61 Å². The molecule has 2 N–H and O–H groups in total. The first-order chi connectivity index (χ1) is 7.88. The maximum atomic E-state index is 5.36. The third-order valence-electron chi connectivity index (χ3n) is 2.11. The molecule has 16 heavy (non-hydrogen) atoms. The minimum atomic E-state index is 0.675. The van der Waals surface area contributed by atoms with Crippen LogP contribution in [0.5, 0.6) is 5.75 Å². The van der Waals surface area contributed by atoms with E-state index in [1.165, 1.54) is 11.9 Å². The number of hydrogen-bond acceptors (Lipinski definition) is 4. The molecule has 2 aromatic rings. The monoisotopic (exact) mass is 218 g/mol. The molecule has 0 fully saturated rings. The molecule has 2 rings (SSSR count). The van der Waals surface area contributed by atoms with Gasteiger partial charge >= 0.3 is 0 Å². The maximum Gasteiger partial charge on any atom is 0.218 e. The zero-order valence-electron chi connectivity index (χ0n) is 9.10. The molecule has 0 saturated heterocycles. The van der Waals surface area contributed by atoms with Crippen molar-refractivity contribution >= 4 is 5.95 Å². The number of aromatic amines is 1. The predicted octanol–water partition coefficient (Wildman–Crippen LogP) is 1.82. The van der Waals surface area contributed by atoms with E-state index in [4.69, 9.17) is 4.74 Å². The van der Waals surface area contributed by atoms with Crippen LogP contribution in [0, 0.1) is 0 Å². The van der Waals surface area contributed by atoms with Gasteiger partial charge in [-0.15, -0.1) is 0 Å². The molecule has 5 heteroatoms. The first-order valence-corrected chi connectivity index (χ1v) is 5.19. The summed E-state index contributed by atoms with van der Waals surface area (Å²) in [5.41, 5.74) is 1.17. The average Bonchev–Trinajstić information content (AvgIpc) is 2.82. The van der Waals surface area contributed by atoms with Gasteiger partial charge in [0.1, 0.15) is 12.1 Å². The lowest BCUT2D eigenvalue weighted by Crippen LogP contribution is -2.01. The standard InChI is InChI=1S/C11H14N4O/c1-2-16-10-5-3-9(4-6-10)7-12-11-13-8-14-15-11/h3-6,8H,2,7H2,1H3,(H2,12,13,14,15). The molecule has 0 aliphatic heterocycles. The van der Waals surface area contributed by atoms with Crippen LogP contribution in [0.15, 0.2) is 30.6 Å². The molecule has 0 aliphatic carbocycles. The topological polar surface area (TPSA) is 62.8 Å². The van der Waals surface area contributed by atoms with Crippen LogP contribution in [0.3, 0.4) is 0 Å². The van der Waals surface area contributed by atoms with Crippen LogP contribution in [0.2, 0.25) is 0 Å². The van der Waals surface area contributed by atoms with Gasteiger partial charge in [0.15, 0.2) is 0 Å². The lowest BCUT2D eigenvalue weighted by atomic mass is 10.2. The third-order valence-corrected chi connectivity index (χ3v) is 2.11. The van der Waals surface area contributed by atoms with Crippen LogP contribution in [0.4, 0.5) is 5.95 Å². The Bertz CT molecular complexity index is 410. The highest BCUT2D eigenvalue weighted by molar-refractivity contribution is 5.30. The molecule has 1 aromatic heterocycles. The Morgan fingerprint density at radius 2 is 2.12 bits per heavy atom. The number of nitrogens with one attached hydrogen (secondary N) is 2. The van der Waals surface area contributed by atoms with Gasteiger partial charge in [0.2, 0.25) is 5.95 Å². The van der Waals surface area contributed by atoms with E-state index in [1.807, 2.05) is 31.2 Å². The first kappa shape index (κ1) is 10.5. The van der Waals surface area contributed by atoms with Gasteiger partial charge in [0, 0.05) is 6.54 Å². The van der Waals surface area contributed by atoms with E-state index >= 15 is 0 Å². The summed E-state index contributed by atoms with van der Waals surface area (Å²) < 4.78 is 5.36. The van der Waals surface area contributed by atoms with E-state index in [-0.39, 0.29) is 0 Å². The van der Waals surface area contributed by atoms with Crippen LogP contribution in [0.1, 0.15) is 12.5 Å². The lowest BCUT2D eigenvalue weighted by Gasteiger charge is -2.05. The van der Waals surface area contributed by atoms with E-state index < -0.39 is 0 Å². The number of aromatic nitrogens is 3. The summed E-state index contributed by atoms with van der Waals surface area (Å²) in [6.07, 6.45) is 1.47. The average molecular weight is 218 g/mol. The van der Waals surface area contributed by atoms with E-state index in [9.17, 15) is 0 Å². The SMILES string of the molecule is CCOc1ccc(CNc2ncn[nH]2)cc1. The van der Waals surface area contributed by atoms with E-state index in [2.05, 4.69) is 20.5 Å². The second-order valence-corrected chi connectivity index (χ2v) is 3.26. The summed E-state index contributed by atoms with van der Waals surface area (Å²) in [7, 11) is 0. The van der Waals surface area contributed by atoms with Crippen LogP contribution in [-0.4, -0.2) is 21.8 Å². The second kappa shape index (κ2) is 5.16. The van der Waals surface area contributed by atoms with Gasteiger partial charge < -0.3 is 10.1 Å². The van der Waals surface area contributed by atoms with E-state index in [0.717, 1.165) is 5.75 Å². The maximum absolute atomic E-state index is 5.36. The van der Waals surface area contributed by atoms with Crippen molar-refractivity contribution in [1.82, 2.24) is 15.2 Å². The molecular formula is C11H14N4O. The fourth-order valence-corrected chi connectivity index (χ4v) is 1.35. The smallest absolute Gasteiger partial charge is 0.218 e. The van der Waals surface area contributed by atoms with Crippen molar-refractivity contribution in [3.63, 3.8) is 0 Å². The number of ether oxygens (including phenoxy) is 1. The summed E-state index contributed by atoms with van der Waals surface area (Å²) in [5, 5.41) is 9.62. The van der Waals surface area contributed by atoms with Crippen molar-refractivity contribution in [3.05, 3.63) is 36.2 Å². The molecule has 1 heterocycles. The van der Waals surface area contributed by atoms with E-state index in [0.29, 0.717) is 19.1 Å². The third kappa shape index (κ3) is 2.73. The number of benzene rings is 1. The molecule has 0 spiro atoms. The fraction of sp³-hybridized carbons (Fsp3) is 0.273. The Kier molecular flexibility index (Phi) is 3.38. The van der Waals surface area contributed by atoms with Crippen molar-refractivity contribution in [2.24, 2.45) is 0 Å². The van der Waals surface area contributed by atoms with Gasteiger partial charge in [-0.25, -0.2) is 10.1 Å². The minimum absolute atomic E-state index is 0.675. The van der Waals surface area contributed by atoms with Crippen LogP contribution < -0.4 is 10.1 Å². The number of hydrogen-bond donors (Lipinski definition) is 2. The van der Waals surface area contributed by atoms with Crippen molar-refractivity contribution in [2.45, 2.75) is 13.5 Å². The minimum Gasteiger partial charge on any atom is -0.494 e. The van der Waals surface area contributed by atoms with Crippen molar-refractivity contribution in [3.8, 4) is 5.75 Å². The Morgan fingerprint density at radius 3 is 2.75 bits per heavy atom. The molecule has 0 amide bonds. The molecule has 1 aromatic carbocycles. The zero-order valence-corrected chi connectivity index (χ0v) is 9.10. The van der Waals surface area contributed by atoms with Gasteiger partial charge in [-0.3, -0.25) is 0 Å². The summed E-state index contributed by atoms with van der Waals surface area (Å²) in [4.78, 5) is 3.98. The van der Waals surface area contributed by atoms with Crippen LogP contribution in [-0.2, 0) is 6.54 Å². The number of nitrogens with zero attached hydrogens (tertiary/aromatic N) is 2. The van der Waals surface area contributed by atoms with Crippen LogP contribution in [0.25, 0.3) is 0 Å². The lowest BCUT2D eigenvalue weighted by molar-refractivity contribution is 0.340.